The van der Waals surface area contributed by atoms with Crippen molar-refractivity contribution in [1.29, 1.82) is 0 Å². The zero-order valence-corrected chi connectivity index (χ0v) is 13.7. The Morgan fingerprint density at radius 2 is 1.64 bits per heavy atom. The van der Waals surface area contributed by atoms with E-state index in [0.717, 1.165) is 5.56 Å². The lowest BCUT2D eigenvalue weighted by Gasteiger charge is -2.26. The average molecular weight is 340 g/mol. The van der Waals surface area contributed by atoms with Crippen LogP contribution in [0.15, 0.2) is 54.6 Å². The lowest BCUT2D eigenvalue weighted by Crippen LogP contribution is -2.44. The Labute approximate surface area is 146 Å². The SMILES string of the molecule is O=C(CNC(=O)Cc1ccccc1)NCC1COc2ccccc2O1. The van der Waals surface area contributed by atoms with Crippen LogP contribution in [-0.4, -0.2) is 37.6 Å². The molecule has 0 aromatic heterocycles. The molecule has 0 aliphatic carbocycles. The zero-order valence-electron chi connectivity index (χ0n) is 13.7. The molecule has 2 aromatic rings. The van der Waals surface area contributed by atoms with E-state index < -0.39 is 0 Å². The maximum absolute atomic E-state index is 11.9. The molecule has 1 unspecified atom stereocenters. The number of para-hydroxylation sites is 2. The van der Waals surface area contributed by atoms with Gasteiger partial charge >= 0.3 is 0 Å². The summed E-state index contributed by atoms with van der Waals surface area (Å²) in [5.41, 5.74) is 0.909. The molecule has 0 bridgehead atoms. The standard InChI is InChI=1S/C19H20N2O4/c22-18(10-14-6-2-1-3-7-14)21-12-19(23)20-11-15-13-24-16-8-4-5-9-17(16)25-15/h1-9,15H,10-13H2,(H,20,23)(H,21,22). The van der Waals surface area contributed by atoms with Gasteiger partial charge in [-0.3, -0.25) is 9.59 Å². The molecule has 0 saturated heterocycles. The third-order valence-electron chi connectivity index (χ3n) is 3.75. The molecule has 0 fully saturated rings. The molecule has 1 aliphatic rings. The fourth-order valence-electron chi connectivity index (χ4n) is 2.48. The number of amides is 2. The Morgan fingerprint density at radius 3 is 2.44 bits per heavy atom. The second kappa shape index (κ2) is 8.19. The summed E-state index contributed by atoms with van der Waals surface area (Å²) >= 11 is 0. The van der Waals surface area contributed by atoms with Gasteiger partial charge in [-0.05, 0) is 17.7 Å². The van der Waals surface area contributed by atoms with Gasteiger partial charge in [0, 0.05) is 0 Å². The number of hydrogen-bond acceptors (Lipinski definition) is 4. The molecule has 1 heterocycles. The highest BCUT2D eigenvalue weighted by Gasteiger charge is 2.21. The Bertz CT molecular complexity index is 733. The number of rotatable bonds is 6. The second-order valence-corrected chi connectivity index (χ2v) is 5.74. The first-order valence-electron chi connectivity index (χ1n) is 8.16. The maximum Gasteiger partial charge on any atom is 0.239 e. The monoisotopic (exact) mass is 340 g/mol. The van der Waals surface area contributed by atoms with Gasteiger partial charge < -0.3 is 20.1 Å². The van der Waals surface area contributed by atoms with Gasteiger partial charge in [0.15, 0.2) is 11.5 Å². The molecule has 2 N–H and O–H groups in total. The van der Waals surface area contributed by atoms with Crippen LogP contribution in [0.2, 0.25) is 0 Å². The number of ether oxygens (including phenoxy) is 2. The van der Waals surface area contributed by atoms with Crippen LogP contribution in [0.3, 0.4) is 0 Å². The highest BCUT2D eigenvalue weighted by Crippen LogP contribution is 2.30. The fourth-order valence-corrected chi connectivity index (χ4v) is 2.48. The van der Waals surface area contributed by atoms with E-state index >= 15 is 0 Å². The van der Waals surface area contributed by atoms with Crippen LogP contribution in [0.5, 0.6) is 11.5 Å². The summed E-state index contributed by atoms with van der Waals surface area (Å²) in [6, 6.07) is 16.8. The van der Waals surface area contributed by atoms with Crippen LogP contribution in [-0.2, 0) is 16.0 Å². The van der Waals surface area contributed by atoms with Crippen LogP contribution in [0.4, 0.5) is 0 Å². The van der Waals surface area contributed by atoms with Crippen molar-refractivity contribution in [3.05, 3.63) is 60.2 Å². The Balaban J connectivity index is 1.37. The van der Waals surface area contributed by atoms with Gasteiger partial charge in [0.1, 0.15) is 12.7 Å². The van der Waals surface area contributed by atoms with Crippen LogP contribution in [0.1, 0.15) is 5.56 Å². The van der Waals surface area contributed by atoms with Gasteiger partial charge in [0.25, 0.3) is 0 Å². The number of benzene rings is 2. The topological polar surface area (TPSA) is 76.7 Å². The molecule has 1 atom stereocenters. The number of carbonyl (C=O) groups excluding carboxylic acids is 2. The normalized spacial score (nSPS) is 15.3. The number of nitrogens with one attached hydrogen (secondary N) is 2. The third kappa shape index (κ3) is 4.97. The summed E-state index contributed by atoms with van der Waals surface area (Å²) in [6.45, 7) is 0.634. The minimum absolute atomic E-state index is 0.0597. The molecule has 1 aliphatic heterocycles. The van der Waals surface area contributed by atoms with Crippen molar-refractivity contribution < 1.29 is 19.1 Å². The quantitative estimate of drug-likeness (QED) is 0.831. The van der Waals surface area contributed by atoms with E-state index in [1.54, 1.807) is 0 Å². The predicted molar refractivity (Wildman–Crippen MR) is 92.5 cm³/mol. The molecule has 3 rings (SSSR count). The van der Waals surface area contributed by atoms with E-state index in [1.807, 2.05) is 54.6 Å². The molecule has 130 valence electrons. The summed E-state index contributed by atoms with van der Waals surface area (Å²) in [6.07, 6.45) is 0.00340. The summed E-state index contributed by atoms with van der Waals surface area (Å²) in [5.74, 6) is 0.929. The predicted octanol–water partition coefficient (Wildman–Crippen LogP) is 1.30. The van der Waals surface area contributed by atoms with Gasteiger partial charge in [-0.1, -0.05) is 42.5 Å². The molecule has 6 nitrogen and oxygen atoms in total. The van der Waals surface area contributed by atoms with Gasteiger partial charge in [0.05, 0.1) is 19.5 Å². The summed E-state index contributed by atoms with van der Waals surface area (Å²) in [7, 11) is 0. The smallest absolute Gasteiger partial charge is 0.239 e. The minimum atomic E-state index is -0.260. The highest BCUT2D eigenvalue weighted by atomic mass is 16.6. The van der Waals surface area contributed by atoms with E-state index in [0.29, 0.717) is 24.7 Å². The van der Waals surface area contributed by atoms with Gasteiger partial charge in [0.2, 0.25) is 11.8 Å². The van der Waals surface area contributed by atoms with Crippen LogP contribution in [0.25, 0.3) is 0 Å². The lowest BCUT2D eigenvalue weighted by molar-refractivity contribution is -0.126. The van der Waals surface area contributed by atoms with E-state index in [2.05, 4.69) is 10.6 Å². The fraction of sp³-hybridized carbons (Fsp3) is 0.263. The molecule has 0 radical (unpaired) electrons. The van der Waals surface area contributed by atoms with E-state index in [-0.39, 0.29) is 30.9 Å². The van der Waals surface area contributed by atoms with Crippen molar-refractivity contribution in [1.82, 2.24) is 10.6 Å². The molecule has 0 saturated carbocycles. The highest BCUT2D eigenvalue weighted by molar-refractivity contribution is 5.85. The third-order valence-corrected chi connectivity index (χ3v) is 3.75. The van der Waals surface area contributed by atoms with Gasteiger partial charge in [-0.2, -0.15) is 0 Å². The Morgan fingerprint density at radius 1 is 0.920 bits per heavy atom. The van der Waals surface area contributed by atoms with Crippen molar-refractivity contribution in [2.24, 2.45) is 0 Å². The first-order chi connectivity index (χ1) is 12.2. The molecule has 25 heavy (non-hydrogen) atoms. The number of fused-ring (bicyclic) bond motifs is 1. The first kappa shape index (κ1) is 16.8. The Hall–Kier alpha value is -3.02. The Kier molecular flexibility index (Phi) is 5.51. The molecule has 2 amide bonds. The van der Waals surface area contributed by atoms with E-state index in [4.69, 9.17) is 9.47 Å². The average Bonchev–Trinajstić information content (AvgIpc) is 2.65. The number of hydrogen-bond donors (Lipinski definition) is 2. The van der Waals surface area contributed by atoms with Crippen molar-refractivity contribution >= 4 is 11.8 Å². The van der Waals surface area contributed by atoms with Crippen LogP contribution < -0.4 is 20.1 Å². The van der Waals surface area contributed by atoms with E-state index in [9.17, 15) is 9.59 Å². The first-order valence-corrected chi connectivity index (χ1v) is 8.16. The van der Waals surface area contributed by atoms with Crippen molar-refractivity contribution in [2.45, 2.75) is 12.5 Å². The molecular formula is C19H20N2O4. The van der Waals surface area contributed by atoms with Crippen LogP contribution >= 0.6 is 0 Å². The zero-order chi connectivity index (χ0) is 17.5. The van der Waals surface area contributed by atoms with Gasteiger partial charge in [-0.25, -0.2) is 0 Å². The molecule has 0 spiro atoms. The van der Waals surface area contributed by atoms with Gasteiger partial charge in [-0.15, -0.1) is 0 Å². The largest absolute Gasteiger partial charge is 0.486 e. The maximum atomic E-state index is 11.9. The van der Waals surface area contributed by atoms with Crippen molar-refractivity contribution in [3.63, 3.8) is 0 Å². The molecule has 2 aromatic carbocycles. The number of carbonyl (C=O) groups is 2. The van der Waals surface area contributed by atoms with E-state index in [1.165, 1.54) is 0 Å². The summed E-state index contributed by atoms with van der Waals surface area (Å²) in [5, 5.41) is 5.36. The lowest BCUT2D eigenvalue weighted by atomic mass is 10.1. The molecular weight excluding hydrogens is 320 g/mol. The van der Waals surface area contributed by atoms with Crippen molar-refractivity contribution in [3.8, 4) is 11.5 Å². The summed E-state index contributed by atoms with van der Waals surface area (Å²) < 4.78 is 11.3. The van der Waals surface area contributed by atoms with Crippen LogP contribution in [0, 0.1) is 0 Å². The second-order valence-electron chi connectivity index (χ2n) is 5.74. The molecule has 6 heteroatoms. The minimum Gasteiger partial charge on any atom is -0.486 e. The van der Waals surface area contributed by atoms with Crippen molar-refractivity contribution in [2.75, 3.05) is 19.7 Å². The summed E-state index contributed by atoms with van der Waals surface area (Å²) in [4.78, 5) is 23.7.